The van der Waals surface area contributed by atoms with E-state index in [-0.39, 0.29) is 10.8 Å². The number of alkyl halides is 2. The SMILES string of the molecule is CN(Cc1nccn1C(F)F)S(=O)(=O)c1ccc(Cl)cc1[N+](=O)[O-]. The van der Waals surface area contributed by atoms with Crippen LogP contribution >= 0.6 is 11.6 Å². The predicted molar refractivity (Wildman–Crippen MR) is 80.2 cm³/mol. The molecule has 0 unspecified atom stereocenters. The summed E-state index contributed by atoms with van der Waals surface area (Å²) < 4.78 is 51.9. The van der Waals surface area contributed by atoms with E-state index >= 15 is 0 Å². The highest BCUT2D eigenvalue weighted by molar-refractivity contribution is 7.89. The lowest BCUT2D eigenvalue weighted by molar-refractivity contribution is -0.387. The highest BCUT2D eigenvalue weighted by Crippen LogP contribution is 2.29. The Morgan fingerprint density at radius 2 is 2.12 bits per heavy atom. The van der Waals surface area contributed by atoms with Gasteiger partial charge in [0.1, 0.15) is 5.82 Å². The summed E-state index contributed by atoms with van der Waals surface area (Å²) in [7, 11) is -3.21. The molecule has 24 heavy (non-hydrogen) atoms. The fraction of sp³-hybridized carbons (Fsp3) is 0.250. The maximum absolute atomic E-state index is 12.8. The van der Waals surface area contributed by atoms with Gasteiger partial charge in [-0.1, -0.05) is 11.6 Å². The van der Waals surface area contributed by atoms with E-state index in [4.69, 9.17) is 11.6 Å². The molecular weight excluding hydrogens is 370 g/mol. The molecule has 130 valence electrons. The van der Waals surface area contributed by atoms with Gasteiger partial charge in [0, 0.05) is 30.5 Å². The minimum Gasteiger partial charge on any atom is -0.277 e. The van der Waals surface area contributed by atoms with E-state index in [0.29, 0.717) is 8.87 Å². The topological polar surface area (TPSA) is 98.3 Å². The van der Waals surface area contributed by atoms with Crippen LogP contribution in [-0.2, 0) is 16.6 Å². The summed E-state index contributed by atoms with van der Waals surface area (Å²) in [5, 5.41) is 11.0. The minimum absolute atomic E-state index is 0.00320. The van der Waals surface area contributed by atoms with Gasteiger partial charge in [0.2, 0.25) is 10.0 Å². The van der Waals surface area contributed by atoms with E-state index in [1.807, 2.05) is 0 Å². The standard InChI is InChI=1S/C12H11ClF2N4O4S/c1-17(7-11-16-4-5-18(11)12(14)15)24(22,23)10-3-2-8(13)6-9(10)19(20)21/h2-6,12H,7H2,1H3. The lowest BCUT2D eigenvalue weighted by Gasteiger charge is -2.17. The van der Waals surface area contributed by atoms with E-state index in [2.05, 4.69) is 4.98 Å². The first-order chi connectivity index (χ1) is 11.1. The number of nitro benzene ring substituents is 1. The molecule has 2 rings (SSSR count). The highest BCUT2D eigenvalue weighted by atomic mass is 35.5. The molecule has 0 radical (unpaired) electrons. The normalized spacial score (nSPS) is 12.1. The second-order valence-corrected chi connectivity index (χ2v) is 7.11. The molecule has 0 spiro atoms. The third kappa shape index (κ3) is 3.52. The van der Waals surface area contributed by atoms with Gasteiger partial charge in [-0.05, 0) is 12.1 Å². The summed E-state index contributed by atoms with van der Waals surface area (Å²) in [5.41, 5.74) is -0.702. The van der Waals surface area contributed by atoms with Crippen molar-refractivity contribution >= 4 is 27.3 Å². The number of rotatable bonds is 6. The fourth-order valence-electron chi connectivity index (χ4n) is 1.95. The zero-order chi connectivity index (χ0) is 18.1. The van der Waals surface area contributed by atoms with E-state index in [9.17, 15) is 27.3 Å². The van der Waals surface area contributed by atoms with Gasteiger partial charge < -0.3 is 0 Å². The van der Waals surface area contributed by atoms with Crippen LogP contribution in [0, 0.1) is 10.1 Å². The Bertz CT molecular complexity index is 872. The number of benzene rings is 1. The molecule has 0 bridgehead atoms. The van der Waals surface area contributed by atoms with Gasteiger partial charge >= 0.3 is 6.55 Å². The monoisotopic (exact) mass is 380 g/mol. The van der Waals surface area contributed by atoms with Crippen LogP contribution in [0.15, 0.2) is 35.5 Å². The second kappa shape index (κ2) is 6.79. The summed E-state index contributed by atoms with van der Waals surface area (Å²) in [5.74, 6) is -0.201. The van der Waals surface area contributed by atoms with Gasteiger partial charge in [-0.3, -0.25) is 14.7 Å². The van der Waals surface area contributed by atoms with Crippen LogP contribution in [0.3, 0.4) is 0 Å². The van der Waals surface area contributed by atoms with Gasteiger partial charge in [0.15, 0.2) is 4.90 Å². The first kappa shape index (κ1) is 18.2. The Labute approximate surface area is 140 Å². The van der Waals surface area contributed by atoms with Crippen LogP contribution < -0.4 is 0 Å². The Hall–Kier alpha value is -2.11. The fourth-order valence-corrected chi connectivity index (χ4v) is 3.37. The van der Waals surface area contributed by atoms with Gasteiger partial charge in [0.05, 0.1) is 11.5 Å². The summed E-state index contributed by atoms with van der Waals surface area (Å²) >= 11 is 5.65. The summed E-state index contributed by atoms with van der Waals surface area (Å²) in [6.45, 7) is -3.37. The van der Waals surface area contributed by atoms with Gasteiger partial charge in [-0.25, -0.2) is 13.4 Å². The number of nitrogens with zero attached hydrogens (tertiary/aromatic N) is 4. The summed E-state index contributed by atoms with van der Waals surface area (Å²) in [6, 6.07) is 3.09. The predicted octanol–water partition coefficient (Wildman–Crippen LogP) is 2.66. The lowest BCUT2D eigenvalue weighted by Crippen LogP contribution is -2.28. The molecule has 0 N–H and O–H groups in total. The van der Waals surface area contributed by atoms with Crippen molar-refractivity contribution in [2.75, 3.05) is 7.05 Å². The van der Waals surface area contributed by atoms with E-state index in [0.717, 1.165) is 31.6 Å². The molecule has 8 nitrogen and oxygen atoms in total. The average molecular weight is 381 g/mol. The van der Waals surface area contributed by atoms with Crippen molar-refractivity contribution in [2.45, 2.75) is 18.0 Å². The number of imidazole rings is 1. The molecule has 0 fully saturated rings. The third-order valence-corrected chi connectivity index (χ3v) is 5.22. The number of hydrogen-bond donors (Lipinski definition) is 0. The van der Waals surface area contributed by atoms with Crippen LogP contribution in [0.5, 0.6) is 0 Å². The summed E-state index contributed by atoms with van der Waals surface area (Å²) in [4.78, 5) is 13.3. The van der Waals surface area contributed by atoms with Crippen molar-refractivity contribution in [3.63, 3.8) is 0 Å². The Morgan fingerprint density at radius 1 is 1.46 bits per heavy atom. The summed E-state index contributed by atoms with van der Waals surface area (Å²) in [6.07, 6.45) is 2.11. The number of nitro groups is 1. The van der Waals surface area contributed by atoms with Crippen LogP contribution in [0.1, 0.15) is 12.4 Å². The second-order valence-electron chi connectivity index (χ2n) is 4.66. The van der Waals surface area contributed by atoms with Crippen LogP contribution in [0.25, 0.3) is 0 Å². The maximum atomic E-state index is 12.8. The molecule has 0 saturated carbocycles. The van der Waals surface area contributed by atoms with Gasteiger partial charge in [-0.15, -0.1) is 0 Å². The number of halogens is 3. The molecule has 12 heteroatoms. The third-order valence-electron chi connectivity index (χ3n) is 3.13. The first-order valence-corrected chi connectivity index (χ1v) is 8.16. The van der Waals surface area contributed by atoms with Crippen LogP contribution in [-0.4, -0.2) is 34.2 Å². The molecule has 0 atom stereocenters. The van der Waals surface area contributed by atoms with Crippen LogP contribution in [0.4, 0.5) is 14.5 Å². The van der Waals surface area contributed by atoms with E-state index in [1.54, 1.807) is 0 Å². The molecule has 0 saturated heterocycles. The van der Waals surface area contributed by atoms with Crippen molar-refractivity contribution in [2.24, 2.45) is 0 Å². The maximum Gasteiger partial charge on any atom is 0.319 e. The first-order valence-electron chi connectivity index (χ1n) is 6.34. The number of hydrogen-bond acceptors (Lipinski definition) is 5. The molecule has 0 amide bonds. The molecule has 1 aromatic carbocycles. The quantitative estimate of drug-likeness (QED) is 0.566. The van der Waals surface area contributed by atoms with Crippen molar-refractivity contribution in [1.82, 2.24) is 13.9 Å². The van der Waals surface area contributed by atoms with E-state index < -0.39 is 38.6 Å². The van der Waals surface area contributed by atoms with Gasteiger partial charge in [0.25, 0.3) is 5.69 Å². The molecule has 0 aliphatic heterocycles. The number of sulfonamides is 1. The Kier molecular flexibility index (Phi) is 5.16. The zero-order valence-corrected chi connectivity index (χ0v) is 13.7. The highest BCUT2D eigenvalue weighted by Gasteiger charge is 2.30. The zero-order valence-electron chi connectivity index (χ0n) is 12.1. The van der Waals surface area contributed by atoms with Gasteiger partial charge in [-0.2, -0.15) is 13.1 Å². The largest absolute Gasteiger partial charge is 0.319 e. The Balaban J connectivity index is 2.40. The van der Waals surface area contributed by atoms with Crippen LogP contribution in [0.2, 0.25) is 5.02 Å². The molecule has 1 heterocycles. The Morgan fingerprint density at radius 3 is 2.71 bits per heavy atom. The van der Waals surface area contributed by atoms with Crippen molar-refractivity contribution < 1.29 is 22.1 Å². The molecule has 1 aromatic heterocycles. The molecule has 2 aromatic rings. The average Bonchev–Trinajstić information content (AvgIpc) is 2.95. The minimum atomic E-state index is -4.32. The lowest BCUT2D eigenvalue weighted by atomic mass is 10.3. The molecule has 0 aliphatic rings. The molecule has 0 aliphatic carbocycles. The number of aromatic nitrogens is 2. The van der Waals surface area contributed by atoms with E-state index in [1.165, 1.54) is 6.07 Å². The smallest absolute Gasteiger partial charge is 0.277 e. The van der Waals surface area contributed by atoms with Crippen molar-refractivity contribution in [3.8, 4) is 0 Å². The van der Waals surface area contributed by atoms with Crippen molar-refractivity contribution in [3.05, 3.63) is 51.6 Å². The molecular formula is C12H11ClF2N4O4S. The van der Waals surface area contributed by atoms with Crippen molar-refractivity contribution in [1.29, 1.82) is 0 Å².